The summed E-state index contributed by atoms with van der Waals surface area (Å²) in [6.07, 6.45) is 0.00661. The van der Waals surface area contributed by atoms with Gasteiger partial charge in [0.2, 0.25) is 0 Å². The van der Waals surface area contributed by atoms with Gasteiger partial charge in [0, 0.05) is 11.8 Å². The smallest absolute Gasteiger partial charge is 0.278 e. The fourth-order valence-electron chi connectivity index (χ4n) is 3.57. The maximum atomic E-state index is 13.3. The van der Waals surface area contributed by atoms with Crippen LogP contribution >= 0.6 is 0 Å². The zero-order valence-corrected chi connectivity index (χ0v) is 18.3. The number of methoxy groups -OCH3 is 1. The Bertz CT molecular complexity index is 1040. The van der Waals surface area contributed by atoms with Crippen molar-refractivity contribution in [2.24, 2.45) is 0 Å². The number of fused-ring (bicyclic) bond motifs is 1. The van der Waals surface area contributed by atoms with E-state index in [1.807, 2.05) is 13.8 Å². The first kappa shape index (κ1) is 21.7. The number of hydrogen-bond donors (Lipinski definition) is 1. The topological polar surface area (TPSA) is 86.3 Å². The van der Waals surface area contributed by atoms with E-state index in [4.69, 9.17) is 18.9 Å². The van der Waals surface area contributed by atoms with Crippen LogP contribution in [0.2, 0.25) is 0 Å². The molecule has 2 amide bonds. The Balaban J connectivity index is 1.67. The van der Waals surface area contributed by atoms with E-state index in [1.54, 1.807) is 49.6 Å². The summed E-state index contributed by atoms with van der Waals surface area (Å²) < 4.78 is 22.0. The van der Waals surface area contributed by atoms with E-state index in [2.05, 4.69) is 5.32 Å². The number of hydrogen-bond acceptors (Lipinski definition) is 7. The molecule has 2 heterocycles. The van der Waals surface area contributed by atoms with Crippen LogP contribution < -0.4 is 19.5 Å². The molecule has 0 aliphatic carbocycles. The number of nitrogens with zero attached hydrogens (tertiary/aromatic N) is 1. The number of carbonyl (C=O) groups is 2. The lowest BCUT2D eigenvalue weighted by molar-refractivity contribution is -0.137. The lowest BCUT2D eigenvalue weighted by Crippen LogP contribution is -2.35. The van der Waals surface area contributed by atoms with Gasteiger partial charge in [-0.3, -0.25) is 14.5 Å². The SMILES string of the molecule is COc1ccc(C2=C(Nc3ccc4c(c3)OCCO4)C(=O)N(CCOC(C)C)C2=O)cc1. The minimum absolute atomic E-state index is 0.00661. The molecule has 0 unspecified atom stereocenters. The molecule has 0 fully saturated rings. The van der Waals surface area contributed by atoms with Crippen molar-refractivity contribution in [1.29, 1.82) is 0 Å². The number of benzene rings is 2. The van der Waals surface area contributed by atoms with Gasteiger partial charge in [-0.15, -0.1) is 0 Å². The summed E-state index contributed by atoms with van der Waals surface area (Å²) in [6.45, 7) is 5.20. The van der Waals surface area contributed by atoms with Gasteiger partial charge in [0.15, 0.2) is 11.5 Å². The predicted molar refractivity (Wildman–Crippen MR) is 119 cm³/mol. The van der Waals surface area contributed by atoms with Crippen molar-refractivity contribution in [3.8, 4) is 17.2 Å². The monoisotopic (exact) mass is 438 g/mol. The van der Waals surface area contributed by atoms with E-state index < -0.39 is 5.91 Å². The molecule has 2 aliphatic rings. The van der Waals surface area contributed by atoms with Crippen molar-refractivity contribution in [2.45, 2.75) is 20.0 Å². The van der Waals surface area contributed by atoms with E-state index in [9.17, 15) is 9.59 Å². The molecule has 2 aromatic rings. The second kappa shape index (κ2) is 9.32. The molecule has 32 heavy (non-hydrogen) atoms. The van der Waals surface area contributed by atoms with Crippen LogP contribution in [0.3, 0.4) is 0 Å². The Kier molecular flexibility index (Phi) is 6.32. The molecule has 8 heteroatoms. The first-order valence-corrected chi connectivity index (χ1v) is 10.5. The van der Waals surface area contributed by atoms with Crippen LogP contribution in [0.1, 0.15) is 19.4 Å². The summed E-state index contributed by atoms with van der Waals surface area (Å²) in [4.78, 5) is 27.7. The third kappa shape index (κ3) is 4.40. The minimum atomic E-state index is -0.400. The molecule has 0 atom stereocenters. The van der Waals surface area contributed by atoms with Gasteiger partial charge < -0.3 is 24.3 Å². The van der Waals surface area contributed by atoms with Gasteiger partial charge in [0.05, 0.1) is 31.9 Å². The van der Waals surface area contributed by atoms with Gasteiger partial charge in [-0.25, -0.2) is 0 Å². The largest absolute Gasteiger partial charge is 0.497 e. The van der Waals surface area contributed by atoms with E-state index in [1.165, 1.54) is 4.90 Å². The molecule has 2 aromatic carbocycles. The number of rotatable bonds is 8. The average Bonchev–Trinajstić information content (AvgIpc) is 3.03. The van der Waals surface area contributed by atoms with Crippen molar-refractivity contribution >= 4 is 23.1 Å². The molecule has 0 spiro atoms. The number of anilines is 1. The van der Waals surface area contributed by atoms with Crippen LogP contribution in [0.25, 0.3) is 5.57 Å². The zero-order chi connectivity index (χ0) is 22.7. The first-order chi connectivity index (χ1) is 15.5. The highest BCUT2D eigenvalue weighted by molar-refractivity contribution is 6.36. The number of carbonyl (C=O) groups excluding carboxylic acids is 2. The van der Waals surface area contributed by atoms with Crippen LogP contribution in [0, 0.1) is 0 Å². The molecule has 0 bridgehead atoms. The summed E-state index contributed by atoms with van der Waals surface area (Å²) in [6, 6.07) is 12.4. The van der Waals surface area contributed by atoms with Crippen LogP contribution in [-0.2, 0) is 14.3 Å². The van der Waals surface area contributed by atoms with Crippen LogP contribution in [-0.4, -0.2) is 56.3 Å². The molecule has 168 valence electrons. The predicted octanol–water partition coefficient (Wildman–Crippen LogP) is 3.08. The summed E-state index contributed by atoms with van der Waals surface area (Å²) >= 11 is 0. The van der Waals surface area contributed by atoms with Crippen LogP contribution in [0.5, 0.6) is 17.2 Å². The van der Waals surface area contributed by atoms with Gasteiger partial charge in [0.1, 0.15) is 24.7 Å². The Hall–Kier alpha value is -3.52. The van der Waals surface area contributed by atoms with Gasteiger partial charge in [0.25, 0.3) is 11.8 Å². The molecule has 0 saturated heterocycles. The van der Waals surface area contributed by atoms with Crippen molar-refractivity contribution < 1.29 is 28.5 Å². The Morgan fingerprint density at radius 1 is 1.00 bits per heavy atom. The van der Waals surface area contributed by atoms with Gasteiger partial charge in [-0.2, -0.15) is 0 Å². The third-order valence-electron chi connectivity index (χ3n) is 5.12. The molecule has 4 rings (SSSR count). The van der Waals surface area contributed by atoms with Crippen molar-refractivity contribution in [2.75, 3.05) is 38.8 Å². The molecule has 0 aromatic heterocycles. The van der Waals surface area contributed by atoms with Gasteiger partial charge in [-0.05, 0) is 43.7 Å². The maximum absolute atomic E-state index is 13.3. The molecule has 1 N–H and O–H groups in total. The second-order valence-electron chi connectivity index (χ2n) is 7.64. The minimum Gasteiger partial charge on any atom is -0.497 e. The first-order valence-electron chi connectivity index (χ1n) is 10.5. The normalized spacial score (nSPS) is 15.6. The average molecular weight is 438 g/mol. The van der Waals surface area contributed by atoms with Crippen LogP contribution in [0.15, 0.2) is 48.2 Å². The zero-order valence-electron chi connectivity index (χ0n) is 18.3. The summed E-state index contributed by atoms with van der Waals surface area (Å²) in [5, 5.41) is 3.14. The van der Waals surface area contributed by atoms with Crippen LogP contribution in [0.4, 0.5) is 5.69 Å². The van der Waals surface area contributed by atoms with Crippen molar-refractivity contribution in [3.63, 3.8) is 0 Å². The van der Waals surface area contributed by atoms with Gasteiger partial charge in [-0.1, -0.05) is 12.1 Å². The number of ether oxygens (including phenoxy) is 4. The Labute approximate surface area is 186 Å². The number of imide groups is 1. The summed E-state index contributed by atoms with van der Waals surface area (Å²) in [5.74, 6) is 1.13. The standard InChI is InChI=1S/C24H26N2O6/c1-15(2)30-11-10-26-23(27)21(16-4-7-18(29-3)8-5-16)22(24(26)28)25-17-6-9-19-20(14-17)32-13-12-31-19/h4-9,14-15,25H,10-13H2,1-3H3. The molecule has 0 saturated carbocycles. The highest BCUT2D eigenvalue weighted by Crippen LogP contribution is 2.35. The van der Waals surface area contributed by atoms with E-state index in [0.29, 0.717) is 47.3 Å². The van der Waals surface area contributed by atoms with Gasteiger partial charge >= 0.3 is 0 Å². The quantitative estimate of drug-likeness (QED) is 0.634. The highest BCUT2D eigenvalue weighted by Gasteiger charge is 2.39. The Morgan fingerprint density at radius 3 is 2.41 bits per heavy atom. The van der Waals surface area contributed by atoms with E-state index >= 15 is 0 Å². The van der Waals surface area contributed by atoms with Crippen molar-refractivity contribution in [1.82, 2.24) is 4.90 Å². The highest BCUT2D eigenvalue weighted by atomic mass is 16.6. The summed E-state index contributed by atoms with van der Waals surface area (Å²) in [5.41, 5.74) is 1.76. The maximum Gasteiger partial charge on any atom is 0.278 e. The number of amides is 2. The molecule has 8 nitrogen and oxygen atoms in total. The van der Waals surface area contributed by atoms with E-state index in [-0.39, 0.29) is 30.9 Å². The van der Waals surface area contributed by atoms with Crippen molar-refractivity contribution in [3.05, 3.63) is 53.7 Å². The molecule has 2 aliphatic heterocycles. The second-order valence-corrected chi connectivity index (χ2v) is 7.64. The molecule has 0 radical (unpaired) electrons. The fraction of sp³-hybridized carbons (Fsp3) is 0.333. The Morgan fingerprint density at radius 2 is 1.72 bits per heavy atom. The fourth-order valence-corrected chi connectivity index (χ4v) is 3.57. The van der Waals surface area contributed by atoms with E-state index in [0.717, 1.165) is 0 Å². The number of nitrogens with one attached hydrogen (secondary N) is 1. The lowest BCUT2D eigenvalue weighted by Gasteiger charge is -2.19. The lowest BCUT2D eigenvalue weighted by atomic mass is 10.0. The summed E-state index contributed by atoms with van der Waals surface area (Å²) in [7, 11) is 1.57. The molecular weight excluding hydrogens is 412 g/mol. The third-order valence-corrected chi connectivity index (χ3v) is 5.12. The molecular formula is C24H26N2O6.